The number of morpholine rings is 1. The zero-order valence-corrected chi connectivity index (χ0v) is 11.8. The summed E-state index contributed by atoms with van der Waals surface area (Å²) >= 11 is 5.89. The number of hydrogen-bond donors (Lipinski definition) is 1. The van der Waals surface area contributed by atoms with Gasteiger partial charge in [0.25, 0.3) is 0 Å². The van der Waals surface area contributed by atoms with Gasteiger partial charge < -0.3 is 10.1 Å². The molecule has 0 spiro atoms. The van der Waals surface area contributed by atoms with Crippen molar-refractivity contribution in [3.63, 3.8) is 0 Å². The number of rotatable bonds is 6. The monoisotopic (exact) mass is 286 g/mol. The second kappa shape index (κ2) is 7.80. The molecule has 0 saturated carbocycles. The molecule has 106 valence electrons. The Morgan fingerprint density at radius 1 is 1.32 bits per heavy atom. The van der Waals surface area contributed by atoms with E-state index in [1.807, 2.05) is 6.07 Å². The lowest BCUT2D eigenvalue weighted by Crippen LogP contribution is -2.37. The van der Waals surface area contributed by atoms with E-state index in [2.05, 4.69) is 10.2 Å². The first-order valence-corrected chi connectivity index (χ1v) is 7.09. The maximum Gasteiger partial charge on any atom is 0.142 e. The maximum atomic E-state index is 13.2. The SMILES string of the molecule is Fc1cccc(CNCCCN2CCOCC2)c1Cl. The molecule has 0 amide bonds. The molecule has 2 rings (SSSR count). The average Bonchev–Trinajstić information content (AvgIpc) is 2.44. The zero-order valence-electron chi connectivity index (χ0n) is 11.0. The molecule has 0 atom stereocenters. The summed E-state index contributed by atoms with van der Waals surface area (Å²) in [4.78, 5) is 2.40. The van der Waals surface area contributed by atoms with Crippen LogP contribution in [0.1, 0.15) is 12.0 Å². The molecule has 19 heavy (non-hydrogen) atoms. The van der Waals surface area contributed by atoms with Gasteiger partial charge in [0, 0.05) is 19.6 Å². The van der Waals surface area contributed by atoms with Crippen LogP contribution < -0.4 is 5.32 Å². The second-order valence-electron chi connectivity index (χ2n) is 4.70. The number of halogens is 2. The van der Waals surface area contributed by atoms with Crippen molar-refractivity contribution < 1.29 is 9.13 Å². The Bertz CT molecular complexity index is 397. The van der Waals surface area contributed by atoms with E-state index < -0.39 is 0 Å². The highest BCUT2D eigenvalue weighted by molar-refractivity contribution is 6.31. The van der Waals surface area contributed by atoms with Crippen LogP contribution in [0.25, 0.3) is 0 Å². The maximum absolute atomic E-state index is 13.2. The molecular weight excluding hydrogens is 267 g/mol. The molecule has 0 aliphatic carbocycles. The highest BCUT2D eigenvalue weighted by Gasteiger charge is 2.09. The molecule has 1 aliphatic rings. The highest BCUT2D eigenvalue weighted by atomic mass is 35.5. The first kappa shape index (κ1) is 14.7. The standard InChI is InChI=1S/C14H20ClFN2O/c15-14-12(3-1-4-13(14)16)11-17-5-2-6-18-7-9-19-10-8-18/h1,3-4,17H,2,5-11H2. The molecule has 1 heterocycles. The van der Waals surface area contributed by atoms with Crippen molar-refractivity contribution in [2.75, 3.05) is 39.4 Å². The third-order valence-electron chi connectivity index (χ3n) is 3.28. The molecule has 1 saturated heterocycles. The topological polar surface area (TPSA) is 24.5 Å². The minimum absolute atomic E-state index is 0.225. The van der Waals surface area contributed by atoms with Crippen molar-refractivity contribution in [1.82, 2.24) is 10.2 Å². The summed E-state index contributed by atoms with van der Waals surface area (Å²) in [5.41, 5.74) is 0.813. The summed E-state index contributed by atoms with van der Waals surface area (Å²) in [5.74, 6) is -0.353. The molecule has 1 fully saturated rings. The third kappa shape index (κ3) is 4.73. The van der Waals surface area contributed by atoms with Crippen LogP contribution in [0.3, 0.4) is 0 Å². The molecule has 1 N–H and O–H groups in total. The average molecular weight is 287 g/mol. The Hall–Kier alpha value is -0.680. The molecule has 0 radical (unpaired) electrons. The molecule has 1 aliphatic heterocycles. The number of nitrogens with zero attached hydrogens (tertiary/aromatic N) is 1. The van der Waals surface area contributed by atoms with Crippen LogP contribution in [0.15, 0.2) is 18.2 Å². The van der Waals surface area contributed by atoms with Crippen molar-refractivity contribution in [3.8, 4) is 0 Å². The fourth-order valence-corrected chi connectivity index (χ4v) is 2.35. The largest absolute Gasteiger partial charge is 0.379 e. The summed E-state index contributed by atoms with van der Waals surface area (Å²) in [5, 5.41) is 3.53. The van der Waals surface area contributed by atoms with Gasteiger partial charge in [-0.25, -0.2) is 4.39 Å². The Kier molecular flexibility index (Phi) is 6.04. The van der Waals surface area contributed by atoms with E-state index in [4.69, 9.17) is 16.3 Å². The summed E-state index contributed by atoms with van der Waals surface area (Å²) < 4.78 is 18.5. The van der Waals surface area contributed by atoms with Gasteiger partial charge in [-0.15, -0.1) is 0 Å². The normalized spacial score (nSPS) is 16.7. The summed E-state index contributed by atoms with van der Waals surface area (Å²) in [6, 6.07) is 4.91. The highest BCUT2D eigenvalue weighted by Crippen LogP contribution is 2.19. The van der Waals surface area contributed by atoms with Crippen LogP contribution >= 0.6 is 11.6 Å². The molecule has 3 nitrogen and oxygen atoms in total. The fourth-order valence-electron chi connectivity index (χ4n) is 2.16. The van der Waals surface area contributed by atoms with Gasteiger partial charge in [-0.05, 0) is 31.1 Å². The molecule has 1 aromatic rings. The summed E-state index contributed by atoms with van der Waals surface area (Å²) in [6.45, 7) is 6.32. The predicted molar refractivity (Wildman–Crippen MR) is 75.0 cm³/mol. The van der Waals surface area contributed by atoms with Gasteiger partial charge in [0.2, 0.25) is 0 Å². The lowest BCUT2D eigenvalue weighted by atomic mass is 10.2. The molecule has 0 bridgehead atoms. The second-order valence-corrected chi connectivity index (χ2v) is 5.08. The molecule has 0 aromatic heterocycles. The molecule has 1 aromatic carbocycles. The smallest absolute Gasteiger partial charge is 0.142 e. The van der Waals surface area contributed by atoms with E-state index in [9.17, 15) is 4.39 Å². The van der Waals surface area contributed by atoms with Crippen LogP contribution in [0.4, 0.5) is 4.39 Å². The van der Waals surface area contributed by atoms with Gasteiger partial charge >= 0.3 is 0 Å². The van der Waals surface area contributed by atoms with Crippen molar-refractivity contribution >= 4 is 11.6 Å². The van der Waals surface area contributed by atoms with Gasteiger partial charge in [0.15, 0.2) is 0 Å². The van der Waals surface area contributed by atoms with Crippen molar-refractivity contribution in [1.29, 1.82) is 0 Å². The van der Waals surface area contributed by atoms with Gasteiger partial charge in [-0.2, -0.15) is 0 Å². The van der Waals surface area contributed by atoms with E-state index in [1.165, 1.54) is 6.07 Å². The van der Waals surface area contributed by atoms with Crippen molar-refractivity contribution in [2.45, 2.75) is 13.0 Å². The van der Waals surface area contributed by atoms with Crippen LogP contribution in [0, 0.1) is 5.82 Å². The Morgan fingerprint density at radius 3 is 2.89 bits per heavy atom. The first-order chi connectivity index (χ1) is 9.27. The number of hydrogen-bond acceptors (Lipinski definition) is 3. The molecule has 5 heteroatoms. The molecule has 0 unspecified atom stereocenters. The van der Waals surface area contributed by atoms with E-state index in [0.29, 0.717) is 6.54 Å². The fraction of sp³-hybridized carbons (Fsp3) is 0.571. The predicted octanol–water partition coefficient (Wildman–Crippen LogP) is 2.29. The van der Waals surface area contributed by atoms with Crippen molar-refractivity contribution in [2.24, 2.45) is 0 Å². The van der Waals surface area contributed by atoms with E-state index in [-0.39, 0.29) is 10.8 Å². The minimum atomic E-state index is -0.353. The lowest BCUT2D eigenvalue weighted by Gasteiger charge is -2.26. The van der Waals surface area contributed by atoms with Gasteiger partial charge in [-0.1, -0.05) is 23.7 Å². The van der Waals surface area contributed by atoms with Crippen LogP contribution in [0.5, 0.6) is 0 Å². The Balaban J connectivity index is 1.62. The number of nitrogens with one attached hydrogen (secondary N) is 1. The molecular formula is C14H20ClFN2O. The van der Waals surface area contributed by atoms with E-state index in [1.54, 1.807) is 6.07 Å². The van der Waals surface area contributed by atoms with E-state index in [0.717, 1.165) is 51.4 Å². The van der Waals surface area contributed by atoms with Crippen LogP contribution in [-0.2, 0) is 11.3 Å². The number of ether oxygens (including phenoxy) is 1. The van der Waals surface area contributed by atoms with E-state index >= 15 is 0 Å². The quantitative estimate of drug-likeness (QED) is 0.812. The first-order valence-electron chi connectivity index (χ1n) is 6.71. The Morgan fingerprint density at radius 2 is 2.11 bits per heavy atom. The van der Waals surface area contributed by atoms with Crippen LogP contribution in [0.2, 0.25) is 5.02 Å². The summed E-state index contributed by atoms with van der Waals surface area (Å²) in [6.07, 6.45) is 1.08. The number of benzene rings is 1. The summed E-state index contributed by atoms with van der Waals surface area (Å²) in [7, 11) is 0. The van der Waals surface area contributed by atoms with Gasteiger partial charge in [0.05, 0.1) is 18.2 Å². The minimum Gasteiger partial charge on any atom is -0.379 e. The Labute approximate surface area is 118 Å². The third-order valence-corrected chi connectivity index (χ3v) is 3.70. The van der Waals surface area contributed by atoms with Crippen LogP contribution in [-0.4, -0.2) is 44.3 Å². The van der Waals surface area contributed by atoms with Gasteiger partial charge in [0.1, 0.15) is 5.82 Å². The van der Waals surface area contributed by atoms with Crippen molar-refractivity contribution in [3.05, 3.63) is 34.6 Å². The van der Waals surface area contributed by atoms with Gasteiger partial charge in [-0.3, -0.25) is 4.90 Å². The zero-order chi connectivity index (χ0) is 13.5. The lowest BCUT2D eigenvalue weighted by molar-refractivity contribution is 0.0374.